The van der Waals surface area contributed by atoms with Crippen molar-refractivity contribution in [1.29, 1.82) is 0 Å². The van der Waals surface area contributed by atoms with Crippen LogP contribution in [0.1, 0.15) is 24.3 Å². The zero-order valence-electron chi connectivity index (χ0n) is 17.9. The molecule has 31 heavy (non-hydrogen) atoms. The van der Waals surface area contributed by atoms with E-state index in [0.29, 0.717) is 36.8 Å². The monoisotopic (exact) mass is 441 g/mol. The molecule has 164 valence electrons. The van der Waals surface area contributed by atoms with Crippen LogP contribution < -0.4 is 11.2 Å². The van der Waals surface area contributed by atoms with E-state index >= 15 is 0 Å². The Bertz CT molecular complexity index is 1220. The minimum atomic E-state index is -0.289. The molecule has 4 heterocycles. The van der Waals surface area contributed by atoms with Crippen molar-refractivity contribution >= 4 is 21.6 Å². The molecule has 0 spiro atoms. The highest BCUT2D eigenvalue weighted by atomic mass is 32.1. The minimum absolute atomic E-state index is 0.244. The van der Waals surface area contributed by atoms with E-state index in [4.69, 9.17) is 9.47 Å². The van der Waals surface area contributed by atoms with Crippen LogP contribution in [0.15, 0.2) is 39.9 Å². The molecule has 1 aromatic carbocycles. The summed E-state index contributed by atoms with van der Waals surface area (Å²) < 4.78 is 15.2. The first-order valence-corrected chi connectivity index (χ1v) is 11.6. The molecule has 2 aromatic heterocycles. The summed E-state index contributed by atoms with van der Waals surface area (Å²) in [5.74, 6) is 0. The summed E-state index contributed by atoms with van der Waals surface area (Å²) in [6, 6.07) is 9.19. The summed E-state index contributed by atoms with van der Waals surface area (Å²) >= 11 is 1.52. The predicted molar refractivity (Wildman–Crippen MR) is 122 cm³/mol. The van der Waals surface area contributed by atoms with Gasteiger partial charge >= 0.3 is 5.69 Å². The van der Waals surface area contributed by atoms with E-state index in [-0.39, 0.29) is 16.9 Å². The minimum Gasteiger partial charge on any atom is -0.379 e. The molecule has 7 nitrogen and oxygen atoms in total. The molecule has 2 aliphatic heterocycles. The first-order valence-electron chi connectivity index (χ1n) is 10.7. The van der Waals surface area contributed by atoms with Crippen LogP contribution in [0.4, 0.5) is 0 Å². The summed E-state index contributed by atoms with van der Waals surface area (Å²) in [6.07, 6.45) is 0.740. The van der Waals surface area contributed by atoms with Gasteiger partial charge in [0.25, 0.3) is 5.56 Å². The maximum Gasteiger partial charge on any atom is 0.336 e. The van der Waals surface area contributed by atoms with Crippen LogP contribution in [0, 0.1) is 0 Å². The van der Waals surface area contributed by atoms with Gasteiger partial charge in [0.05, 0.1) is 36.6 Å². The fourth-order valence-corrected chi connectivity index (χ4v) is 5.87. The van der Waals surface area contributed by atoms with Crippen molar-refractivity contribution in [3.8, 4) is 5.69 Å². The van der Waals surface area contributed by atoms with Gasteiger partial charge in [-0.2, -0.15) is 0 Å². The molecule has 5 rings (SSSR count). The third-order valence-electron chi connectivity index (χ3n) is 6.10. The predicted octanol–water partition coefficient (Wildman–Crippen LogP) is 2.40. The van der Waals surface area contributed by atoms with Crippen molar-refractivity contribution in [2.45, 2.75) is 39.0 Å². The lowest BCUT2D eigenvalue weighted by molar-refractivity contribution is -0.0384. The van der Waals surface area contributed by atoms with Crippen molar-refractivity contribution in [3.63, 3.8) is 0 Å². The second-order valence-electron chi connectivity index (χ2n) is 8.77. The van der Waals surface area contributed by atoms with Crippen LogP contribution in [0.2, 0.25) is 0 Å². The Kier molecular flexibility index (Phi) is 5.34. The van der Waals surface area contributed by atoms with Gasteiger partial charge in [0.1, 0.15) is 4.70 Å². The largest absolute Gasteiger partial charge is 0.379 e. The van der Waals surface area contributed by atoms with Gasteiger partial charge in [0.2, 0.25) is 0 Å². The summed E-state index contributed by atoms with van der Waals surface area (Å²) in [7, 11) is 0. The highest BCUT2D eigenvalue weighted by Crippen LogP contribution is 2.37. The Morgan fingerprint density at radius 2 is 1.81 bits per heavy atom. The van der Waals surface area contributed by atoms with Gasteiger partial charge in [-0.25, -0.2) is 9.36 Å². The molecule has 0 saturated carbocycles. The third kappa shape index (κ3) is 3.78. The van der Waals surface area contributed by atoms with Crippen molar-refractivity contribution in [2.75, 3.05) is 32.8 Å². The lowest BCUT2D eigenvalue weighted by atomic mass is 9.98. The van der Waals surface area contributed by atoms with Gasteiger partial charge in [-0.1, -0.05) is 18.2 Å². The number of hydrogen-bond acceptors (Lipinski definition) is 6. The van der Waals surface area contributed by atoms with Crippen molar-refractivity contribution < 1.29 is 9.47 Å². The SMILES string of the molecule is CC1(C)Cc2sc3c(=O)n(-c4ccccc4)c(=O)n(CCN4CCOCC4)c3c2CO1. The van der Waals surface area contributed by atoms with Crippen molar-refractivity contribution in [1.82, 2.24) is 14.0 Å². The molecule has 0 radical (unpaired) electrons. The molecular weight excluding hydrogens is 414 g/mol. The molecule has 2 aliphatic rings. The van der Waals surface area contributed by atoms with Gasteiger partial charge in [-0.05, 0) is 26.0 Å². The lowest BCUT2D eigenvalue weighted by Gasteiger charge is -2.30. The Labute approximate surface area is 184 Å². The van der Waals surface area contributed by atoms with Crippen LogP contribution in [-0.2, 0) is 29.0 Å². The molecule has 0 atom stereocenters. The van der Waals surface area contributed by atoms with Crippen LogP contribution in [0.5, 0.6) is 0 Å². The van der Waals surface area contributed by atoms with Crippen LogP contribution in [-0.4, -0.2) is 52.5 Å². The average molecular weight is 442 g/mol. The van der Waals surface area contributed by atoms with E-state index in [2.05, 4.69) is 18.7 Å². The molecule has 1 saturated heterocycles. The summed E-state index contributed by atoms with van der Waals surface area (Å²) in [5.41, 5.74) is 1.54. The smallest absolute Gasteiger partial charge is 0.336 e. The number of para-hydroxylation sites is 1. The summed E-state index contributed by atoms with van der Waals surface area (Å²) in [4.78, 5) is 30.6. The molecule has 0 unspecified atom stereocenters. The maximum atomic E-state index is 13.6. The first-order chi connectivity index (χ1) is 14.9. The molecular formula is C23H27N3O4S. The van der Waals surface area contributed by atoms with E-state index in [1.807, 2.05) is 18.2 Å². The number of aromatic nitrogens is 2. The number of ether oxygens (including phenoxy) is 2. The molecule has 0 bridgehead atoms. The van der Waals surface area contributed by atoms with E-state index in [1.54, 1.807) is 16.7 Å². The van der Waals surface area contributed by atoms with Gasteiger partial charge in [0, 0.05) is 43.0 Å². The molecule has 1 fully saturated rings. The zero-order chi connectivity index (χ0) is 21.6. The Hall–Kier alpha value is -2.26. The van der Waals surface area contributed by atoms with Gasteiger partial charge < -0.3 is 9.47 Å². The Balaban J connectivity index is 1.69. The Morgan fingerprint density at radius 3 is 2.55 bits per heavy atom. The van der Waals surface area contributed by atoms with E-state index in [0.717, 1.165) is 42.0 Å². The van der Waals surface area contributed by atoms with Crippen LogP contribution in [0.25, 0.3) is 15.9 Å². The molecule has 0 aliphatic carbocycles. The number of fused-ring (bicyclic) bond motifs is 3. The normalized spacial score (nSPS) is 18.9. The Morgan fingerprint density at radius 1 is 1.06 bits per heavy atom. The summed E-state index contributed by atoms with van der Waals surface area (Å²) in [5, 5.41) is 0. The molecule has 3 aromatic rings. The first kappa shape index (κ1) is 20.6. The van der Waals surface area contributed by atoms with E-state index in [9.17, 15) is 9.59 Å². The van der Waals surface area contributed by atoms with Gasteiger partial charge in [-0.15, -0.1) is 11.3 Å². The fraction of sp³-hybridized carbons (Fsp3) is 0.478. The molecule has 0 amide bonds. The van der Waals surface area contributed by atoms with Crippen molar-refractivity contribution in [2.24, 2.45) is 0 Å². The van der Waals surface area contributed by atoms with Gasteiger partial charge in [0.15, 0.2) is 0 Å². The number of hydrogen-bond donors (Lipinski definition) is 0. The number of benzene rings is 1. The maximum absolute atomic E-state index is 13.6. The fourth-order valence-electron chi connectivity index (χ4n) is 4.41. The second kappa shape index (κ2) is 8.02. The van der Waals surface area contributed by atoms with Crippen molar-refractivity contribution in [3.05, 3.63) is 61.6 Å². The molecule has 8 heteroatoms. The van der Waals surface area contributed by atoms with E-state index in [1.165, 1.54) is 15.9 Å². The third-order valence-corrected chi connectivity index (χ3v) is 7.31. The standard InChI is InChI=1S/C23H27N3O4S/c1-23(2)14-18-17(15-30-23)19-20(31-18)21(27)26(16-6-4-3-5-7-16)22(28)25(19)9-8-24-10-12-29-13-11-24/h3-7H,8-15H2,1-2H3. The average Bonchev–Trinajstić information content (AvgIpc) is 3.13. The number of thiophene rings is 1. The lowest BCUT2D eigenvalue weighted by Crippen LogP contribution is -2.43. The quantitative estimate of drug-likeness (QED) is 0.622. The number of rotatable bonds is 4. The second-order valence-corrected chi connectivity index (χ2v) is 9.88. The zero-order valence-corrected chi connectivity index (χ0v) is 18.7. The topological polar surface area (TPSA) is 65.7 Å². The highest BCUT2D eigenvalue weighted by molar-refractivity contribution is 7.19. The van der Waals surface area contributed by atoms with Gasteiger partial charge in [-0.3, -0.25) is 14.3 Å². The molecule has 0 N–H and O–H groups in total. The number of morpholine rings is 1. The number of nitrogens with zero attached hydrogens (tertiary/aromatic N) is 3. The highest BCUT2D eigenvalue weighted by Gasteiger charge is 2.32. The van der Waals surface area contributed by atoms with Crippen LogP contribution in [0.3, 0.4) is 0 Å². The van der Waals surface area contributed by atoms with Crippen LogP contribution >= 0.6 is 11.3 Å². The van der Waals surface area contributed by atoms with E-state index < -0.39 is 0 Å². The summed E-state index contributed by atoms with van der Waals surface area (Å²) in [6.45, 7) is 8.95.